The van der Waals surface area contributed by atoms with Gasteiger partial charge in [0.05, 0.1) is 16.8 Å². The average molecular weight is 434 g/mol. The summed E-state index contributed by atoms with van der Waals surface area (Å²) < 4.78 is 0. The Labute approximate surface area is 188 Å². The van der Waals surface area contributed by atoms with Gasteiger partial charge in [-0.15, -0.1) is 0 Å². The van der Waals surface area contributed by atoms with Crippen LogP contribution < -0.4 is 4.90 Å². The third kappa shape index (κ3) is 10.7. The molecule has 0 aliphatic rings. The fraction of sp³-hybridized carbons (Fsp3) is 0.692. The van der Waals surface area contributed by atoms with Crippen LogP contribution >= 0.6 is 0 Å². The molecule has 0 heterocycles. The molecule has 0 fully saturated rings. The van der Waals surface area contributed by atoms with Crippen LogP contribution in [0.3, 0.4) is 0 Å². The third-order valence-corrected chi connectivity index (χ3v) is 5.89. The van der Waals surface area contributed by atoms with Crippen LogP contribution in [0.4, 0.5) is 5.69 Å². The van der Waals surface area contributed by atoms with Crippen molar-refractivity contribution in [3.63, 3.8) is 0 Å². The molecular weight excluding hydrogens is 390 g/mol. The van der Waals surface area contributed by atoms with Gasteiger partial charge >= 0.3 is 11.9 Å². The van der Waals surface area contributed by atoms with Crippen molar-refractivity contribution in [2.45, 2.75) is 104 Å². The molecule has 31 heavy (non-hydrogen) atoms. The van der Waals surface area contributed by atoms with Crippen molar-refractivity contribution in [3.05, 3.63) is 29.3 Å². The minimum absolute atomic E-state index is 0.0825. The van der Waals surface area contributed by atoms with Gasteiger partial charge in [-0.1, -0.05) is 97.0 Å². The Hall–Kier alpha value is -2.04. The van der Waals surface area contributed by atoms with Gasteiger partial charge < -0.3 is 15.1 Å². The lowest BCUT2D eigenvalue weighted by atomic mass is 10.0. The van der Waals surface area contributed by atoms with Gasteiger partial charge in [0.1, 0.15) is 0 Å². The molecule has 0 unspecified atom stereocenters. The Morgan fingerprint density at radius 3 is 1.55 bits per heavy atom. The standard InChI is InChI=1S/C26H43NO4/c1-3-5-7-9-11-13-15-20-27(21-16-14-12-10-8-6-4-2)23-19-17-18-22(25(28)29)24(23)26(30)31/h17-19H,3-16,20-21H2,1-2H3,(H,28,29)(H,30,31). The predicted octanol–water partition coefficient (Wildman–Crippen LogP) is 7.39. The zero-order valence-electron chi connectivity index (χ0n) is 19.7. The second kappa shape index (κ2) is 16.6. The highest BCUT2D eigenvalue weighted by atomic mass is 16.4. The Morgan fingerprint density at radius 1 is 0.677 bits per heavy atom. The number of anilines is 1. The van der Waals surface area contributed by atoms with E-state index >= 15 is 0 Å². The Morgan fingerprint density at radius 2 is 1.13 bits per heavy atom. The monoisotopic (exact) mass is 433 g/mol. The molecule has 0 saturated carbocycles. The Bertz CT molecular complexity index is 626. The molecule has 1 aromatic rings. The summed E-state index contributed by atoms with van der Waals surface area (Å²) in [5, 5.41) is 19.2. The highest BCUT2D eigenvalue weighted by Crippen LogP contribution is 2.26. The molecule has 0 amide bonds. The number of nitrogens with zero attached hydrogens (tertiary/aromatic N) is 1. The molecule has 0 aromatic heterocycles. The van der Waals surface area contributed by atoms with Gasteiger partial charge in [0.2, 0.25) is 0 Å². The lowest BCUT2D eigenvalue weighted by Gasteiger charge is -2.27. The van der Waals surface area contributed by atoms with E-state index in [0.29, 0.717) is 5.69 Å². The second-order valence-corrected chi connectivity index (χ2v) is 8.54. The smallest absolute Gasteiger partial charge is 0.338 e. The second-order valence-electron chi connectivity index (χ2n) is 8.54. The molecule has 0 spiro atoms. The zero-order valence-corrected chi connectivity index (χ0v) is 19.7. The summed E-state index contributed by atoms with van der Waals surface area (Å²) in [4.78, 5) is 25.6. The number of hydrogen-bond acceptors (Lipinski definition) is 3. The van der Waals surface area contributed by atoms with Crippen molar-refractivity contribution in [2.75, 3.05) is 18.0 Å². The molecular formula is C26H43NO4. The number of aromatic carboxylic acids is 2. The van der Waals surface area contributed by atoms with Gasteiger partial charge in [-0.3, -0.25) is 0 Å². The number of rotatable bonds is 19. The highest BCUT2D eigenvalue weighted by Gasteiger charge is 2.23. The van der Waals surface area contributed by atoms with Gasteiger partial charge in [-0.05, 0) is 25.0 Å². The van der Waals surface area contributed by atoms with E-state index in [1.807, 2.05) is 0 Å². The highest BCUT2D eigenvalue weighted by molar-refractivity contribution is 6.05. The molecule has 0 atom stereocenters. The normalized spacial score (nSPS) is 10.9. The molecule has 0 aliphatic carbocycles. The molecule has 0 bridgehead atoms. The maximum absolute atomic E-state index is 11.9. The summed E-state index contributed by atoms with van der Waals surface area (Å²) in [5.41, 5.74) is 0.333. The van der Waals surface area contributed by atoms with Gasteiger partial charge in [0.15, 0.2) is 0 Å². The van der Waals surface area contributed by atoms with Crippen LogP contribution in [0.1, 0.15) is 124 Å². The van der Waals surface area contributed by atoms with Crippen LogP contribution in [0, 0.1) is 0 Å². The first-order valence-electron chi connectivity index (χ1n) is 12.4. The van der Waals surface area contributed by atoms with Crippen LogP contribution in [0.25, 0.3) is 0 Å². The van der Waals surface area contributed by atoms with E-state index in [-0.39, 0.29) is 11.1 Å². The van der Waals surface area contributed by atoms with Gasteiger partial charge in [0, 0.05) is 13.1 Å². The molecule has 0 radical (unpaired) electrons. The Kier molecular flexibility index (Phi) is 14.5. The van der Waals surface area contributed by atoms with E-state index in [4.69, 9.17) is 0 Å². The largest absolute Gasteiger partial charge is 0.478 e. The number of carbonyl (C=O) groups is 2. The summed E-state index contributed by atoms with van der Waals surface area (Å²) in [6, 6.07) is 4.81. The minimum Gasteiger partial charge on any atom is -0.478 e. The quantitative estimate of drug-likeness (QED) is 0.222. The molecule has 5 nitrogen and oxygen atoms in total. The van der Waals surface area contributed by atoms with Crippen LogP contribution in [0.15, 0.2) is 18.2 Å². The summed E-state index contributed by atoms with van der Waals surface area (Å²) in [6.07, 6.45) is 16.8. The molecule has 2 N–H and O–H groups in total. The van der Waals surface area contributed by atoms with Crippen LogP contribution in [-0.4, -0.2) is 35.2 Å². The van der Waals surface area contributed by atoms with Gasteiger partial charge in [-0.2, -0.15) is 0 Å². The maximum Gasteiger partial charge on any atom is 0.338 e. The van der Waals surface area contributed by atoms with E-state index in [0.717, 1.165) is 38.8 Å². The summed E-state index contributed by atoms with van der Waals surface area (Å²) in [7, 11) is 0. The van der Waals surface area contributed by atoms with Crippen molar-refractivity contribution < 1.29 is 19.8 Å². The van der Waals surface area contributed by atoms with Crippen molar-refractivity contribution in [1.82, 2.24) is 0 Å². The number of unbranched alkanes of at least 4 members (excludes halogenated alkanes) is 12. The first-order chi connectivity index (χ1) is 15.0. The zero-order chi connectivity index (χ0) is 22.9. The first kappa shape index (κ1) is 27.0. The summed E-state index contributed by atoms with van der Waals surface area (Å²) in [6.45, 7) is 5.97. The van der Waals surface area contributed by atoms with E-state index in [1.165, 1.54) is 70.3 Å². The fourth-order valence-electron chi connectivity index (χ4n) is 4.08. The van der Waals surface area contributed by atoms with E-state index in [2.05, 4.69) is 18.7 Å². The van der Waals surface area contributed by atoms with Crippen molar-refractivity contribution in [1.29, 1.82) is 0 Å². The SMILES string of the molecule is CCCCCCCCCN(CCCCCCCCC)c1cccc(C(=O)O)c1C(=O)O. The van der Waals surface area contributed by atoms with Crippen molar-refractivity contribution >= 4 is 17.6 Å². The number of carboxylic acid groups (broad SMARTS) is 2. The van der Waals surface area contributed by atoms with Gasteiger partial charge in [-0.25, -0.2) is 9.59 Å². The topological polar surface area (TPSA) is 77.8 Å². The van der Waals surface area contributed by atoms with E-state index in [9.17, 15) is 19.8 Å². The van der Waals surface area contributed by atoms with Crippen molar-refractivity contribution in [3.8, 4) is 0 Å². The summed E-state index contributed by atoms with van der Waals surface area (Å²) >= 11 is 0. The molecule has 5 heteroatoms. The molecule has 1 rings (SSSR count). The fourth-order valence-corrected chi connectivity index (χ4v) is 4.08. The molecule has 0 aliphatic heterocycles. The molecule has 0 saturated heterocycles. The maximum atomic E-state index is 11.9. The number of hydrogen-bond donors (Lipinski definition) is 2. The van der Waals surface area contributed by atoms with Gasteiger partial charge in [0.25, 0.3) is 0 Å². The minimum atomic E-state index is -1.19. The average Bonchev–Trinajstić information content (AvgIpc) is 2.75. The first-order valence-corrected chi connectivity index (χ1v) is 12.4. The van der Waals surface area contributed by atoms with Crippen LogP contribution in [0.5, 0.6) is 0 Å². The lowest BCUT2D eigenvalue weighted by molar-refractivity contribution is 0.0652. The van der Waals surface area contributed by atoms with Crippen LogP contribution in [0.2, 0.25) is 0 Å². The van der Waals surface area contributed by atoms with Crippen LogP contribution in [-0.2, 0) is 0 Å². The molecule has 1 aromatic carbocycles. The Balaban J connectivity index is 2.76. The van der Waals surface area contributed by atoms with E-state index < -0.39 is 11.9 Å². The molecule has 176 valence electrons. The third-order valence-electron chi connectivity index (χ3n) is 5.89. The predicted molar refractivity (Wildman–Crippen MR) is 129 cm³/mol. The number of benzene rings is 1. The summed E-state index contributed by atoms with van der Waals surface area (Å²) in [5.74, 6) is -2.36. The van der Waals surface area contributed by atoms with Crippen molar-refractivity contribution in [2.24, 2.45) is 0 Å². The lowest BCUT2D eigenvalue weighted by Crippen LogP contribution is -2.28. The number of carboxylic acids is 2. The van der Waals surface area contributed by atoms with E-state index in [1.54, 1.807) is 12.1 Å².